The van der Waals surface area contributed by atoms with Crippen LogP contribution in [0.1, 0.15) is 19.8 Å². The van der Waals surface area contributed by atoms with Crippen LogP contribution in [-0.2, 0) is 9.53 Å². The Balaban J connectivity index is 2.45. The van der Waals surface area contributed by atoms with Gasteiger partial charge in [-0.1, -0.05) is 6.92 Å². The van der Waals surface area contributed by atoms with Crippen molar-refractivity contribution in [2.45, 2.75) is 25.8 Å². The predicted octanol–water partition coefficient (Wildman–Crippen LogP) is 0.464. The lowest BCUT2D eigenvalue weighted by Crippen LogP contribution is -2.45. The van der Waals surface area contributed by atoms with Crippen molar-refractivity contribution in [1.82, 2.24) is 5.32 Å². The minimum absolute atomic E-state index is 0.0710. The zero-order valence-corrected chi connectivity index (χ0v) is 6.42. The first-order valence-corrected chi connectivity index (χ1v) is 3.70. The summed E-state index contributed by atoms with van der Waals surface area (Å²) in [5.41, 5.74) is 0. The van der Waals surface area contributed by atoms with Crippen LogP contribution in [0.3, 0.4) is 0 Å². The molecular formula is C7H11NO3. The van der Waals surface area contributed by atoms with Crippen LogP contribution in [0.15, 0.2) is 0 Å². The molecule has 0 unspecified atom stereocenters. The van der Waals surface area contributed by atoms with E-state index in [1.165, 1.54) is 0 Å². The summed E-state index contributed by atoms with van der Waals surface area (Å²) < 4.78 is 4.60. The van der Waals surface area contributed by atoms with Gasteiger partial charge in [0.15, 0.2) is 5.78 Å². The second kappa shape index (κ2) is 3.37. The van der Waals surface area contributed by atoms with Gasteiger partial charge in [-0.05, 0) is 0 Å². The summed E-state index contributed by atoms with van der Waals surface area (Å²) in [6.45, 7) is 2.13. The fourth-order valence-corrected chi connectivity index (χ4v) is 1.01. The SMILES string of the molecule is CCC(=O)[C@@H]1CCOC(=O)N1. The Morgan fingerprint density at radius 1 is 1.82 bits per heavy atom. The number of cyclic esters (lactones) is 1. The topological polar surface area (TPSA) is 55.4 Å². The van der Waals surface area contributed by atoms with Crippen LogP contribution in [0.5, 0.6) is 0 Å². The molecular weight excluding hydrogens is 146 g/mol. The number of nitrogens with one attached hydrogen (secondary N) is 1. The van der Waals surface area contributed by atoms with E-state index in [0.29, 0.717) is 19.4 Å². The Bertz CT molecular complexity index is 179. The molecule has 1 heterocycles. The van der Waals surface area contributed by atoms with Crippen LogP contribution in [0, 0.1) is 0 Å². The molecule has 0 saturated carbocycles. The number of ether oxygens (including phenoxy) is 1. The van der Waals surface area contributed by atoms with Gasteiger partial charge in [0.05, 0.1) is 12.6 Å². The summed E-state index contributed by atoms with van der Waals surface area (Å²) in [6.07, 6.45) is 0.576. The fraction of sp³-hybridized carbons (Fsp3) is 0.714. The van der Waals surface area contributed by atoms with Gasteiger partial charge in [-0.2, -0.15) is 0 Å². The van der Waals surface area contributed by atoms with E-state index in [9.17, 15) is 9.59 Å². The summed E-state index contributed by atoms with van der Waals surface area (Å²) in [7, 11) is 0. The van der Waals surface area contributed by atoms with Crippen LogP contribution < -0.4 is 5.32 Å². The number of rotatable bonds is 2. The molecule has 4 nitrogen and oxygen atoms in total. The molecule has 1 amide bonds. The lowest BCUT2D eigenvalue weighted by atomic mass is 10.1. The predicted molar refractivity (Wildman–Crippen MR) is 38.2 cm³/mol. The van der Waals surface area contributed by atoms with Gasteiger partial charge < -0.3 is 10.1 Å². The number of carbonyl (C=O) groups is 2. The van der Waals surface area contributed by atoms with Crippen LogP contribution in [0.4, 0.5) is 4.79 Å². The maximum atomic E-state index is 11.0. The van der Waals surface area contributed by atoms with Crippen molar-refractivity contribution in [1.29, 1.82) is 0 Å². The second-order valence-corrected chi connectivity index (χ2v) is 2.44. The van der Waals surface area contributed by atoms with Gasteiger partial charge in [0, 0.05) is 12.8 Å². The molecule has 0 aromatic carbocycles. The summed E-state index contributed by atoms with van der Waals surface area (Å²) >= 11 is 0. The lowest BCUT2D eigenvalue weighted by Gasteiger charge is -2.21. The van der Waals surface area contributed by atoms with Crippen LogP contribution in [-0.4, -0.2) is 24.5 Å². The van der Waals surface area contributed by atoms with Crippen LogP contribution in [0.25, 0.3) is 0 Å². The minimum atomic E-state index is -0.483. The van der Waals surface area contributed by atoms with E-state index < -0.39 is 6.09 Å². The number of carbonyl (C=O) groups excluding carboxylic acids is 2. The molecule has 0 aromatic heterocycles. The van der Waals surface area contributed by atoms with E-state index in [1.807, 2.05) is 0 Å². The van der Waals surface area contributed by atoms with E-state index in [1.54, 1.807) is 6.92 Å². The molecule has 11 heavy (non-hydrogen) atoms. The Kier molecular flexibility index (Phi) is 2.46. The van der Waals surface area contributed by atoms with Crippen molar-refractivity contribution in [2.24, 2.45) is 0 Å². The van der Waals surface area contributed by atoms with Crippen LogP contribution >= 0.6 is 0 Å². The smallest absolute Gasteiger partial charge is 0.407 e. The average Bonchev–Trinajstić information content (AvgIpc) is 2.03. The third-order valence-corrected chi connectivity index (χ3v) is 1.67. The monoisotopic (exact) mass is 157 g/mol. The molecule has 0 aliphatic carbocycles. The average molecular weight is 157 g/mol. The first-order chi connectivity index (χ1) is 5.24. The molecule has 1 fully saturated rings. The molecule has 0 radical (unpaired) electrons. The van der Waals surface area contributed by atoms with E-state index in [0.717, 1.165) is 0 Å². The molecule has 1 aliphatic rings. The number of Topliss-reactive ketones (excluding diaryl/α,β-unsaturated/α-hetero) is 1. The normalized spacial score (nSPS) is 23.7. The lowest BCUT2D eigenvalue weighted by molar-refractivity contribution is -0.121. The third kappa shape index (κ3) is 1.93. The van der Waals surface area contributed by atoms with Gasteiger partial charge >= 0.3 is 6.09 Å². The first kappa shape index (κ1) is 8.04. The quantitative estimate of drug-likeness (QED) is 0.633. The molecule has 4 heteroatoms. The van der Waals surface area contributed by atoms with E-state index in [4.69, 9.17) is 0 Å². The van der Waals surface area contributed by atoms with Gasteiger partial charge in [0.25, 0.3) is 0 Å². The van der Waals surface area contributed by atoms with Crippen molar-refractivity contribution in [3.8, 4) is 0 Å². The van der Waals surface area contributed by atoms with E-state index >= 15 is 0 Å². The largest absolute Gasteiger partial charge is 0.449 e. The standard InChI is InChI=1S/C7H11NO3/c1-2-6(9)5-3-4-11-7(10)8-5/h5H,2-4H2,1H3,(H,8,10)/t5-/m0/s1. The van der Waals surface area contributed by atoms with Gasteiger partial charge in [-0.3, -0.25) is 4.79 Å². The van der Waals surface area contributed by atoms with Crippen molar-refractivity contribution < 1.29 is 14.3 Å². The summed E-state index contributed by atoms with van der Waals surface area (Å²) in [5.74, 6) is 0.0710. The second-order valence-electron chi connectivity index (χ2n) is 2.44. The zero-order chi connectivity index (χ0) is 8.27. The molecule has 0 aromatic rings. The highest BCUT2D eigenvalue weighted by Gasteiger charge is 2.23. The van der Waals surface area contributed by atoms with Gasteiger partial charge in [-0.25, -0.2) is 4.79 Å². The summed E-state index contributed by atoms with van der Waals surface area (Å²) in [6, 6.07) is -0.318. The third-order valence-electron chi connectivity index (χ3n) is 1.67. The molecule has 1 aliphatic heterocycles. The highest BCUT2D eigenvalue weighted by atomic mass is 16.5. The molecule has 0 bridgehead atoms. The maximum Gasteiger partial charge on any atom is 0.407 e. The summed E-state index contributed by atoms with van der Waals surface area (Å²) in [5, 5.41) is 2.46. The van der Waals surface area contributed by atoms with Gasteiger partial charge in [0.1, 0.15) is 0 Å². The van der Waals surface area contributed by atoms with E-state index in [2.05, 4.69) is 10.1 Å². The summed E-state index contributed by atoms with van der Waals surface area (Å²) in [4.78, 5) is 21.7. The van der Waals surface area contributed by atoms with Gasteiger partial charge in [-0.15, -0.1) is 0 Å². The number of alkyl carbamates (subject to hydrolysis) is 1. The van der Waals surface area contributed by atoms with Gasteiger partial charge in [0.2, 0.25) is 0 Å². The molecule has 0 spiro atoms. The molecule has 1 rings (SSSR count). The van der Waals surface area contributed by atoms with Crippen molar-refractivity contribution in [3.63, 3.8) is 0 Å². The van der Waals surface area contributed by atoms with Crippen molar-refractivity contribution in [3.05, 3.63) is 0 Å². The maximum absolute atomic E-state index is 11.0. The number of hydrogen-bond donors (Lipinski definition) is 1. The Labute approximate surface area is 64.9 Å². The Morgan fingerprint density at radius 2 is 2.55 bits per heavy atom. The number of amides is 1. The molecule has 1 saturated heterocycles. The van der Waals surface area contributed by atoms with Crippen molar-refractivity contribution in [2.75, 3.05) is 6.61 Å². The highest BCUT2D eigenvalue weighted by molar-refractivity contribution is 5.87. The Morgan fingerprint density at radius 3 is 3.09 bits per heavy atom. The highest BCUT2D eigenvalue weighted by Crippen LogP contribution is 2.03. The first-order valence-electron chi connectivity index (χ1n) is 3.70. The molecule has 1 N–H and O–H groups in total. The van der Waals surface area contributed by atoms with Crippen LogP contribution in [0.2, 0.25) is 0 Å². The number of ketones is 1. The minimum Gasteiger partial charge on any atom is -0.449 e. The van der Waals surface area contributed by atoms with Crippen molar-refractivity contribution >= 4 is 11.9 Å². The Hall–Kier alpha value is -1.06. The molecule has 62 valence electrons. The zero-order valence-electron chi connectivity index (χ0n) is 6.42. The molecule has 1 atom stereocenters. The van der Waals surface area contributed by atoms with E-state index in [-0.39, 0.29) is 11.8 Å². The fourth-order valence-electron chi connectivity index (χ4n) is 1.01. The number of hydrogen-bond acceptors (Lipinski definition) is 3.